The molecule has 0 spiro atoms. The van der Waals surface area contributed by atoms with E-state index in [4.69, 9.17) is 11.6 Å². The van der Waals surface area contributed by atoms with Gasteiger partial charge in [-0.25, -0.2) is 0 Å². The first-order valence-electron chi connectivity index (χ1n) is 4.58. The maximum Gasteiger partial charge on any atom is 0.170 e. The number of halogens is 1. The van der Waals surface area contributed by atoms with Crippen LogP contribution >= 0.6 is 22.9 Å². The molecule has 0 aliphatic rings. The smallest absolute Gasteiger partial charge is 0.170 e. The van der Waals surface area contributed by atoms with E-state index in [1.165, 1.54) is 18.3 Å². The number of carbonyl (C=O) groups is 1. The van der Waals surface area contributed by atoms with E-state index in [9.17, 15) is 15.0 Å². The van der Waals surface area contributed by atoms with Gasteiger partial charge in [-0.05, 0) is 24.8 Å². The third kappa shape index (κ3) is 3.01. The van der Waals surface area contributed by atoms with Crippen molar-refractivity contribution >= 4 is 28.7 Å². The van der Waals surface area contributed by atoms with Gasteiger partial charge in [0.15, 0.2) is 5.78 Å². The second kappa shape index (κ2) is 5.61. The highest BCUT2D eigenvalue weighted by molar-refractivity contribution is 7.12. The first-order chi connectivity index (χ1) is 7.07. The van der Waals surface area contributed by atoms with E-state index in [2.05, 4.69) is 0 Å². The zero-order valence-corrected chi connectivity index (χ0v) is 9.88. The molecule has 0 amide bonds. The molecule has 0 saturated carbocycles. The lowest BCUT2D eigenvalue weighted by atomic mass is 10.0. The maximum atomic E-state index is 11.2. The number of carbonyl (C=O) groups excluding carboxylic acids is 1. The Balaban J connectivity index is 2.85. The van der Waals surface area contributed by atoms with Gasteiger partial charge in [0.1, 0.15) is 6.10 Å². The number of aliphatic hydroxyl groups excluding tert-OH is 2. The molecule has 0 fully saturated rings. The van der Waals surface area contributed by atoms with Crippen LogP contribution in [0.15, 0.2) is 11.4 Å². The third-order valence-corrected chi connectivity index (χ3v) is 3.35. The van der Waals surface area contributed by atoms with Crippen molar-refractivity contribution in [2.45, 2.75) is 25.6 Å². The van der Waals surface area contributed by atoms with E-state index in [0.717, 1.165) is 0 Å². The molecular weight excluding hydrogens is 236 g/mol. The van der Waals surface area contributed by atoms with Gasteiger partial charge in [-0.15, -0.1) is 22.9 Å². The highest BCUT2D eigenvalue weighted by Crippen LogP contribution is 2.27. The Morgan fingerprint density at radius 1 is 1.60 bits per heavy atom. The molecule has 1 rings (SSSR count). The lowest BCUT2D eigenvalue weighted by molar-refractivity contribution is 0.0168. The number of thiophene rings is 1. The Labute approximate surface area is 97.3 Å². The minimum atomic E-state index is -1.03. The fourth-order valence-electron chi connectivity index (χ4n) is 1.32. The highest BCUT2D eigenvalue weighted by atomic mass is 35.5. The Kier molecular flexibility index (Phi) is 4.73. The number of alkyl halides is 1. The molecule has 0 aromatic carbocycles. The lowest BCUT2D eigenvalue weighted by Gasteiger charge is -2.16. The lowest BCUT2D eigenvalue weighted by Crippen LogP contribution is -2.19. The molecule has 2 unspecified atom stereocenters. The van der Waals surface area contributed by atoms with Crippen LogP contribution in [-0.2, 0) is 0 Å². The fourth-order valence-corrected chi connectivity index (χ4v) is 2.38. The van der Waals surface area contributed by atoms with Gasteiger partial charge in [0.25, 0.3) is 0 Å². The second-order valence-corrected chi connectivity index (χ2v) is 4.55. The number of hydrogen-bond acceptors (Lipinski definition) is 4. The first kappa shape index (κ1) is 12.6. The van der Waals surface area contributed by atoms with Crippen LogP contribution in [0.2, 0.25) is 0 Å². The summed E-state index contributed by atoms with van der Waals surface area (Å²) >= 11 is 6.74. The van der Waals surface area contributed by atoms with Crippen LogP contribution in [0, 0.1) is 0 Å². The molecule has 0 bridgehead atoms. The van der Waals surface area contributed by atoms with E-state index >= 15 is 0 Å². The SMILES string of the molecule is CC(=O)c1sccc1C(O)C(O)CCCl. The summed E-state index contributed by atoms with van der Waals surface area (Å²) < 4.78 is 0. The van der Waals surface area contributed by atoms with Gasteiger partial charge in [-0.3, -0.25) is 4.79 Å². The molecule has 15 heavy (non-hydrogen) atoms. The summed E-state index contributed by atoms with van der Waals surface area (Å²) in [5.74, 6) is 0.176. The summed E-state index contributed by atoms with van der Waals surface area (Å²) in [4.78, 5) is 11.7. The number of ketones is 1. The second-order valence-electron chi connectivity index (χ2n) is 3.25. The van der Waals surface area contributed by atoms with Crippen molar-refractivity contribution in [1.29, 1.82) is 0 Å². The molecule has 2 atom stereocenters. The average molecular weight is 249 g/mol. The van der Waals surface area contributed by atoms with E-state index in [1.54, 1.807) is 11.4 Å². The molecule has 5 heteroatoms. The van der Waals surface area contributed by atoms with Crippen molar-refractivity contribution in [1.82, 2.24) is 0 Å². The van der Waals surface area contributed by atoms with Gasteiger partial charge in [-0.1, -0.05) is 0 Å². The highest BCUT2D eigenvalue weighted by Gasteiger charge is 2.22. The van der Waals surface area contributed by atoms with Crippen molar-refractivity contribution in [2.75, 3.05) is 5.88 Å². The third-order valence-electron chi connectivity index (χ3n) is 2.10. The predicted octanol–water partition coefficient (Wildman–Crippen LogP) is 1.97. The van der Waals surface area contributed by atoms with Gasteiger partial charge >= 0.3 is 0 Å². The molecule has 1 heterocycles. The molecule has 0 saturated heterocycles. The molecule has 84 valence electrons. The Morgan fingerprint density at radius 2 is 2.27 bits per heavy atom. The van der Waals surface area contributed by atoms with Crippen LogP contribution in [-0.4, -0.2) is 28.0 Å². The summed E-state index contributed by atoms with van der Waals surface area (Å²) in [6, 6.07) is 1.66. The average Bonchev–Trinajstić information content (AvgIpc) is 2.65. The summed E-state index contributed by atoms with van der Waals surface area (Å²) in [5, 5.41) is 21.1. The van der Waals surface area contributed by atoms with E-state index in [-0.39, 0.29) is 11.7 Å². The van der Waals surface area contributed by atoms with Crippen LogP contribution in [0.1, 0.15) is 34.7 Å². The van der Waals surface area contributed by atoms with Gasteiger partial charge in [-0.2, -0.15) is 0 Å². The van der Waals surface area contributed by atoms with Crippen LogP contribution in [0.3, 0.4) is 0 Å². The van der Waals surface area contributed by atoms with Crippen molar-refractivity contribution < 1.29 is 15.0 Å². The minimum Gasteiger partial charge on any atom is -0.390 e. The van der Waals surface area contributed by atoms with Crippen LogP contribution in [0.5, 0.6) is 0 Å². The fraction of sp³-hybridized carbons (Fsp3) is 0.500. The van der Waals surface area contributed by atoms with Crippen LogP contribution in [0.25, 0.3) is 0 Å². The molecular formula is C10H13ClO3S. The minimum absolute atomic E-state index is 0.0999. The molecule has 2 N–H and O–H groups in total. The van der Waals surface area contributed by atoms with E-state index < -0.39 is 12.2 Å². The summed E-state index contributed by atoms with van der Waals surface area (Å²) in [7, 11) is 0. The van der Waals surface area contributed by atoms with Crippen molar-refractivity contribution in [3.63, 3.8) is 0 Å². The Bertz CT molecular complexity index is 337. The Hall–Kier alpha value is -0.420. The quantitative estimate of drug-likeness (QED) is 0.619. The predicted molar refractivity (Wildman–Crippen MR) is 60.6 cm³/mol. The van der Waals surface area contributed by atoms with E-state index in [1.807, 2.05) is 0 Å². The van der Waals surface area contributed by atoms with Gasteiger partial charge < -0.3 is 10.2 Å². The molecule has 1 aromatic rings. The van der Waals surface area contributed by atoms with Crippen LogP contribution in [0.4, 0.5) is 0 Å². The topological polar surface area (TPSA) is 57.5 Å². The van der Waals surface area contributed by atoms with E-state index in [0.29, 0.717) is 16.9 Å². The number of Topliss-reactive ketones (excluding diaryl/α,β-unsaturated/α-hetero) is 1. The molecule has 0 radical (unpaired) electrons. The monoisotopic (exact) mass is 248 g/mol. The summed E-state index contributed by atoms with van der Waals surface area (Å²) in [5.41, 5.74) is 0.491. The Morgan fingerprint density at radius 3 is 2.80 bits per heavy atom. The molecule has 0 aliphatic heterocycles. The number of aliphatic hydroxyl groups is 2. The zero-order valence-electron chi connectivity index (χ0n) is 8.31. The standard InChI is InChI=1S/C10H13ClO3S/c1-6(12)10-7(3-5-15-10)9(14)8(13)2-4-11/h3,5,8-9,13-14H,2,4H2,1H3. The van der Waals surface area contributed by atoms with Crippen molar-refractivity contribution in [2.24, 2.45) is 0 Å². The van der Waals surface area contributed by atoms with Gasteiger partial charge in [0.2, 0.25) is 0 Å². The van der Waals surface area contributed by atoms with Crippen LogP contribution < -0.4 is 0 Å². The maximum absolute atomic E-state index is 11.2. The normalized spacial score (nSPS) is 14.9. The number of rotatable bonds is 5. The van der Waals surface area contributed by atoms with Crippen molar-refractivity contribution in [3.05, 3.63) is 21.9 Å². The largest absolute Gasteiger partial charge is 0.390 e. The molecule has 3 nitrogen and oxygen atoms in total. The first-order valence-corrected chi connectivity index (χ1v) is 5.99. The van der Waals surface area contributed by atoms with Gasteiger partial charge in [0.05, 0.1) is 11.0 Å². The zero-order chi connectivity index (χ0) is 11.4. The number of hydrogen-bond donors (Lipinski definition) is 2. The van der Waals surface area contributed by atoms with Crippen molar-refractivity contribution in [3.8, 4) is 0 Å². The molecule has 0 aliphatic carbocycles. The van der Waals surface area contributed by atoms with Gasteiger partial charge in [0, 0.05) is 11.4 Å². The summed E-state index contributed by atoms with van der Waals surface area (Å²) in [6.45, 7) is 1.44. The molecule has 1 aromatic heterocycles. The summed E-state index contributed by atoms with van der Waals surface area (Å²) in [6.07, 6.45) is -1.65.